The summed E-state index contributed by atoms with van der Waals surface area (Å²) in [6.45, 7) is 5.85. The highest BCUT2D eigenvalue weighted by Gasteiger charge is 2.15. The third-order valence-electron chi connectivity index (χ3n) is 2.89. The molecule has 0 bridgehead atoms. The molecule has 0 fully saturated rings. The van der Waals surface area contributed by atoms with Gasteiger partial charge in [0.2, 0.25) is 0 Å². The minimum Gasteiger partial charge on any atom is -0.395 e. The molecule has 1 aromatic rings. The summed E-state index contributed by atoms with van der Waals surface area (Å²) in [5, 5.41) is 9.51. The van der Waals surface area contributed by atoms with Gasteiger partial charge in [0, 0.05) is 19.1 Å². The van der Waals surface area contributed by atoms with Gasteiger partial charge in [-0.3, -0.25) is 9.88 Å². The SMILES string of the molecule is CCC(CC)N(CCO)Cc1cnc(Cl)cn1. The van der Waals surface area contributed by atoms with Crippen molar-refractivity contribution in [3.05, 3.63) is 23.2 Å². The van der Waals surface area contributed by atoms with Gasteiger partial charge >= 0.3 is 0 Å². The summed E-state index contributed by atoms with van der Waals surface area (Å²) in [4.78, 5) is 10.5. The van der Waals surface area contributed by atoms with Crippen LogP contribution in [0.1, 0.15) is 32.4 Å². The van der Waals surface area contributed by atoms with Gasteiger partial charge in [-0.25, -0.2) is 4.98 Å². The largest absolute Gasteiger partial charge is 0.395 e. The normalized spacial score (nSPS) is 11.4. The Hall–Kier alpha value is -0.710. The second-order valence-corrected chi connectivity index (χ2v) is 4.38. The molecule has 0 amide bonds. The molecule has 1 heterocycles. The lowest BCUT2D eigenvalue weighted by atomic mass is 10.1. The molecule has 0 unspecified atom stereocenters. The van der Waals surface area contributed by atoms with Crippen molar-refractivity contribution in [1.29, 1.82) is 0 Å². The average molecular weight is 258 g/mol. The zero-order valence-corrected chi connectivity index (χ0v) is 11.2. The fourth-order valence-corrected chi connectivity index (χ4v) is 2.05. The molecule has 17 heavy (non-hydrogen) atoms. The highest BCUT2D eigenvalue weighted by molar-refractivity contribution is 6.29. The van der Waals surface area contributed by atoms with Crippen molar-refractivity contribution in [2.75, 3.05) is 13.2 Å². The fraction of sp³-hybridized carbons (Fsp3) is 0.667. The van der Waals surface area contributed by atoms with Crippen molar-refractivity contribution in [3.63, 3.8) is 0 Å². The minimum absolute atomic E-state index is 0.164. The van der Waals surface area contributed by atoms with E-state index in [-0.39, 0.29) is 6.61 Å². The Morgan fingerprint density at radius 2 is 2.00 bits per heavy atom. The monoisotopic (exact) mass is 257 g/mol. The Labute approximate surface area is 108 Å². The third-order valence-corrected chi connectivity index (χ3v) is 3.08. The van der Waals surface area contributed by atoms with E-state index >= 15 is 0 Å². The molecule has 1 aromatic heterocycles. The first-order chi connectivity index (χ1) is 8.21. The number of hydrogen-bond acceptors (Lipinski definition) is 4. The van der Waals surface area contributed by atoms with Crippen LogP contribution in [0.4, 0.5) is 0 Å². The maximum Gasteiger partial charge on any atom is 0.147 e. The van der Waals surface area contributed by atoms with Crippen molar-refractivity contribution in [3.8, 4) is 0 Å². The number of halogens is 1. The van der Waals surface area contributed by atoms with Gasteiger partial charge in [-0.2, -0.15) is 0 Å². The molecule has 96 valence electrons. The molecular weight excluding hydrogens is 238 g/mol. The van der Waals surface area contributed by atoms with E-state index in [2.05, 4.69) is 28.7 Å². The second kappa shape index (κ2) is 7.58. The van der Waals surface area contributed by atoms with Crippen LogP contribution >= 0.6 is 11.6 Å². The Bertz CT molecular complexity index is 314. The lowest BCUT2D eigenvalue weighted by molar-refractivity contribution is 0.135. The number of aliphatic hydroxyl groups excluding tert-OH is 1. The fourth-order valence-electron chi connectivity index (χ4n) is 1.95. The lowest BCUT2D eigenvalue weighted by Gasteiger charge is -2.29. The summed E-state index contributed by atoms with van der Waals surface area (Å²) in [6.07, 6.45) is 5.38. The quantitative estimate of drug-likeness (QED) is 0.813. The zero-order chi connectivity index (χ0) is 12.7. The van der Waals surface area contributed by atoms with Gasteiger partial charge in [0.15, 0.2) is 0 Å². The van der Waals surface area contributed by atoms with Gasteiger partial charge in [0.1, 0.15) is 5.15 Å². The number of rotatable bonds is 7. The zero-order valence-electron chi connectivity index (χ0n) is 10.4. The molecule has 0 radical (unpaired) electrons. The molecule has 0 saturated heterocycles. The molecule has 0 saturated carbocycles. The first-order valence-corrected chi connectivity index (χ1v) is 6.40. The van der Waals surface area contributed by atoms with E-state index in [4.69, 9.17) is 16.7 Å². The Balaban J connectivity index is 2.68. The van der Waals surface area contributed by atoms with E-state index in [0.717, 1.165) is 18.5 Å². The number of aliphatic hydroxyl groups is 1. The van der Waals surface area contributed by atoms with Gasteiger partial charge in [0.05, 0.1) is 24.7 Å². The molecule has 0 atom stereocenters. The van der Waals surface area contributed by atoms with Crippen molar-refractivity contribution in [1.82, 2.24) is 14.9 Å². The molecule has 0 aliphatic carbocycles. The highest BCUT2D eigenvalue weighted by Crippen LogP contribution is 2.12. The molecule has 4 nitrogen and oxygen atoms in total. The summed E-state index contributed by atoms with van der Waals surface area (Å²) in [5.74, 6) is 0. The molecule has 0 aliphatic rings. The van der Waals surface area contributed by atoms with Gasteiger partial charge in [0.25, 0.3) is 0 Å². The van der Waals surface area contributed by atoms with Crippen molar-refractivity contribution in [2.24, 2.45) is 0 Å². The van der Waals surface area contributed by atoms with E-state index in [1.54, 1.807) is 12.4 Å². The number of hydrogen-bond donors (Lipinski definition) is 1. The first-order valence-electron chi connectivity index (χ1n) is 6.02. The van der Waals surface area contributed by atoms with Crippen LogP contribution in [0.5, 0.6) is 0 Å². The molecule has 1 rings (SSSR count). The van der Waals surface area contributed by atoms with Crippen LogP contribution in [0.2, 0.25) is 5.15 Å². The molecule has 0 aliphatic heterocycles. The third kappa shape index (κ3) is 4.58. The van der Waals surface area contributed by atoms with Gasteiger partial charge in [-0.1, -0.05) is 25.4 Å². The van der Waals surface area contributed by atoms with Crippen LogP contribution in [0.3, 0.4) is 0 Å². The van der Waals surface area contributed by atoms with Crippen LogP contribution in [-0.2, 0) is 6.54 Å². The van der Waals surface area contributed by atoms with Crippen LogP contribution in [0, 0.1) is 0 Å². The molecule has 0 aromatic carbocycles. The van der Waals surface area contributed by atoms with Crippen LogP contribution in [-0.4, -0.2) is 39.2 Å². The maximum atomic E-state index is 9.10. The van der Waals surface area contributed by atoms with E-state index in [1.165, 1.54) is 0 Å². The molecule has 0 spiro atoms. The minimum atomic E-state index is 0.164. The summed E-state index contributed by atoms with van der Waals surface area (Å²) in [6, 6.07) is 0.472. The standard InChI is InChI=1S/C12H20ClN3O/c1-3-11(4-2)16(5-6-17)9-10-7-15-12(13)8-14-10/h7-8,11,17H,3-6,9H2,1-2H3. The molecule has 5 heteroatoms. The average Bonchev–Trinajstić information content (AvgIpc) is 2.34. The van der Waals surface area contributed by atoms with Crippen LogP contribution in [0.25, 0.3) is 0 Å². The predicted octanol–water partition coefficient (Wildman–Crippen LogP) is 2.11. The Kier molecular flexibility index (Phi) is 6.40. The van der Waals surface area contributed by atoms with Gasteiger partial charge in [-0.05, 0) is 12.8 Å². The van der Waals surface area contributed by atoms with Crippen LogP contribution < -0.4 is 0 Å². The van der Waals surface area contributed by atoms with Crippen molar-refractivity contribution < 1.29 is 5.11 Å². The first kappa shape index (κ1) is 14.4. The summed E-state index contributed by atoms with van der Waals surface area (Å²) >= 11 is 5.70. The van der Waals surface area contributed by atoms with Gasteiger partial charge in [-0.15, -0.1) is 0 Å². The molecule has 1 N–H and O–H groups in total. The second-order valence-electron chi connectivity index (χ2n) is 3.99. The highest BCUT2D eigenvalue weighted by atomic mass is 35.5. The Morgan fingerprint density at radius 1 is 1.29 bits per heavy atom. The predicted molar refractivity (Wildman–Crippen MR) is 68.9 cm³/mol. The summed E-state index contributed by atoms with van der Waals surface area (Å²) in [5.41, 5.74) is 0.884. The van der Waals surface area contributed by atoms with Gasteiger partial charge < -0.3 is 5.11 Å². The van der Waals surface area contributed by atoms with E-state index in [9.17, 15) is 0 Å². The number of aromatic nitrogens is 2. The summed E-state index contributed by atoms with van der Waals surface area (Å²) < 4.78 is 0. The van der Waals surface area contributed by atoms with E-state index in [0.29, 0.717) is 24.3 Å². The lowest BCUT2D eigenvalue weighted by Crippen LogP contribution is -2.36. The van der Waals surface area contributed by atoms with E-state index in [1.807, 2.05) is 0 Å². The molecular formula is C12H20ClN3O. The maximum absolute atomic E-state index is 9.10. The van der Waals surface area contributed by atoms with Crippen LogP contribution in [0.15, 0.2) is 12.4 Å². The number of nitrogens with zero attached hydrogens (tertiary/aromatic N) is 3. The Morgan fingerprint density at radius 3 is 2.47 bits per heavy atom. The topological polar surface area (TPSA) is 49.2 Å². The van der Waals surface area contributed by atoms with E-state index < -0.39 is 0 Å². The van der Waals surface area contributed by atoms with Crippen molar-refractivity contribution in [2.45, 2.75) is 39.3 Å². The summed E-state index contributed by atoms with van der Waals surface area (Å²) in [7, 11) is 0. The van der Waals surface area contributed by atoms with Crippen molar-refractivity contribution >= 4 is 11.6 Å². The smallest absolute Gasteiger partial charge is 0.147 e.